The van der Waals surface area contributed by atoms with Gasteiger partial charge in [-0.3, -0.25) is 19.7 Å². The summed E-state index contributed by atoms with van der Waals surface area (Å²) in [7, 11) is 0. The Bertz CT molecular complexity index is 652. The normalized spacial score (nSPS) is 13.8. The first-order valence-electron chi connectivity index (χ1n) is 3.99. The molecule has 7 nitrogen and oxygen atoms in total. The first-order valence-corrected chi connectivity index (χ1v) is 3.99. The number of rotatable bonds is 1. The minimum Gasteiger partial charge on any atom is -0.261 e. The van der Waals surface area contributed by atoms with E-state index in [2.05, 4.69) is 9.98 Å². The van der Waals surface area contributed by atoms with Crippen LogP contribution in [0.2, 0.25) is 0 Å². The number of benzene rings is 1. The average Bonchev–Trinajstić information content (AvgIpc) is 2.19. The molecule has 0 atom stereocenters. The molecule has 1 aliphatic heterocycles. The van der Waals surface area contributed by atoms with Crippen LogP contribution in [0, 0.1) is 15.9 Å². The van der Waals surface area contributed by atoms with E-state index < -0.39 is 33.6 Å². The summed E-state index contributed by atoms with van der Waals surface area (Å²) in [5.74, 6) is -3.30. The lowest BCUT2D eigenvalue weighted by Gasteiger charge is -1.98. The molecular formula is C8H2FN3O4. The first-order chi connectivity index (χ1) is 7.49. The van der Waals surface area contributed by atoms with Gasteiger partial charge in [0.25, 0.3) is 5.69 Å². The minimum atomic E-state index is -1.21. The lowest BCUT2D eigenvalue weighted by Crippen LogP contribution is -2.36. The number of hydrogen-bond donors (Lipinski definition) is 0. The molecule has 0 bridgehead atoms. The fourth-order valence-corrected chi connectivity index (χ4v) is 1.22. The number of halogens is 1. The summed E-state index contributed by atoms with van der Waals surface area (Å²) in [6, 6.07) is 1.41. The second-order valence-electron chi connectivity index (χ2n) is 2.88. The van der Waals surface area contributed by atoms with Crippen LogP contribution in [-0.2, 0) is 9.59 Å². The Balaban J connectivity index is 2.94. The highest BCUT2D eigenvalue weighted by molar-refractivity contribution is 6.36. The number of hydrogen-bond acceptors (Lipinski definition) is 4. The van der Waals surface area contributed by atoms with Crippen molar-refractivity contribution in [1.82, 2.24) is 0 Å². The number of non-ortho nitro benzene ring substituents is 1. The third-order valence-electron chi connectivity index (χ3n) is 1.85. The molecule has 0 fully saturated rings. The summed E-state index contributed by atoms with van der Waals surface area (Å²) in [6.07, 6.45) is 0. The van der Waals surface area contributed by atoms with Crippen molar-refractivity contribution in [3.63, 3.8) is 0 Å². The summed E-state index contributed by atoms with van der Waals surface area (Å²) in [4.78, 5) is 37.8. The molecule has 0 aromatic heterocycles. The van der Waals surface area contributed by atoms with E-state index >= 15 is 0 Å². The third kappa shape index (κ3) is 1.45. The van der Waals surface area contributed by atoms with Crippen molar-refractivity contribution in [2.45, 2.75) is 0 Å². The molecule has 1 aromatic rings. The van der Waals surface area contributed by atoms with Crippen LogP contribution in [0.5, 0.6) is 0 Å². The average molecular weight is 223 g/mol. The molecule has 80 valence electrons. The van der Waals surface area contributed by atoms with Gasteiger partial charge < -0.3 is 0 Å². The zero-order chi connectivity index (χ0) is 11.9. The van der Waals surface area contributed by atoms with Crippen molar-refractivity contribution < 1.29 is 18.9 Å². The molecule has 2 rings (SSSR count). The maximum absolute atomic E-state index is 12.9. The zero-order valence-corrected chi connectivity index (χ0v) is 7.51. The Hall–Kier alpha value is -2.51. The Kier molecular flexibility index (Phi) is 2.04. The van der Waals surface area contributed by atoms with Crippen LogP contribution in [-0.4, -0.2) is 16.7 Å². The summed E-state index contributed by atoms with van der Waals surface area (Å²) in [5, 5.41) is 9.85. The number of carbonyl (C=O) groups excluding carboxylic acids is 2. The van der Waals surface area contributed by atoms with Gasteiger partial charge in [-0.2, -0.15) is 4.99 Å². The van der Waals surface area contributed by atoms with Crippen LogP contribution in [0.1, 0.15) is 0 Å². The highest BCUT2D eigenvalue weighted by atomic mass is 19.1. The largest absolute Gasteiger partial charge is 0.338 e. The van der Waals surface area contributed by atoms with Crippen LogP contribution >= 0.6 is 0 Å². The molecule has 0 spiro atoms. The van der Waals surface area contributed by atoms with Crippen LogP contribution < -0.4 is 10.7 Å². The van der Waals surface area contributed by atoms with E-state index in [9.17, 15) is 24.1 Å². The van der Waals surface area contributed by atoms with Crippen molar-refractivity contribution in [1.29, 1.82) is 0 Å². The number of amides is 2. The van der Waals surface area contributed by atoms with Gasteiger partial charge >= 0.3 is 11.8 Å². The highest BCUT2D eigenvalue weighted by Crippen LogP contribution is 2.05. The molecule has 0 N–H and O–H groups in total. The predicted molar refractivity (Wildman–Crippen MR) is 45.4 cm³/mol. The molecular weight excluding hydrogens is 221 g/mol. The monoisotopic (exact) mass is 223 g/mol. The molecule has 0 radical (unpaired) electrons. The Morgan fingerprint density at radius 3 is 2.44 bits per heavy atom. The van der Waals surface area contributed by atoms with Gasteiger partial charge in [-0.15, -0.1) is 0 Å². The van der Waals surface area contributed by atoms with E-state index in [-0.39, 0.29) is 5.36 Å². The SMILES string of the molecule is O=C1N=c2cc(F)cc([N+](=O)[O-])c2=NC1=O. The molecule has 0 saturated carbocycles. The molecule has 16 heavy (non-hydrogen) atoms. The van der Waals surface area contributed by atoms with Crippen molar-refractivity contribution >= 4 is 17.5 Å². The second kappa shape index (κ2) is 3.26. The Morgan fingerprint density at radius 1 is 1.19 bits per heavy atom. The summed E-state index contributed by atoms with van der Waals surface area (Å²) in [6.45, 7) is 0. The van der Waals surface area contributed by atoms with Gasteiger partial charge in [-0.1, -0.05) is 0 Å². The fourth-order valence-electron chi connectivity index (χ4n) is 1.22. The van der Waals surface area contributed by atoms with E-state index in [1.54, 1.807) is 0 Å². The van der Waals surface area contributed by atoms with Gasteiger partial charge in [-0.25, -0.2) is 9.38 Å². The predicted octanol–water partition coefficient (Wildman–Crippen LogP) is -0.960. The summed E-state index contributed by atoms with van der Waals surface area (Å²) < 4.78 is 12.9. The van der Waals surface area contributed by atoms with E-state index in [0.717, 1.165) is 6.07 Å². The van der Waals surface area contributed by atoms with Crippen LogP contribution in [0.25, 0.3) is 0 Å². The number of nitro benzene ring substituents is 1. The standard InChI is InChI=1S/C8H2FN3O4/c9-3-1-4-6(5(2-3)12(15)16)11-8(14)7(13)10-4/h1-2H. The number of nitrogens with zero attached hydrogens (tertiary/aromatic N) is 3. The van der Waals surface area contributed by atoms with E-state index in [1.807, 2.05) is 0 Å². The zero-order valence-electron chi connectivity index (χ0n) is 7.51. The Morgan fingerprint density at radius 2 is 1.81 bits per heavy atom. The van der Waals surface area contributed by atoms with Crippen molar-refractivity contribution in [2.24, 2.45) is 9.98 Å². The fraction of sp³-hybridized carbons (Fsp3) is 0. The number of carbonyl (C=O) groups is 2. The highest BCUT2D eigenvalue weighted by Gasteiger charge is 2.22. The number of nitro groups is 1. The molecule has 0 saturated heterocycles. The molecule has 0 aliphatic carbocycles. The van der Waals surface area contributed by atoms with E-state index in [4.69, 9.17) is 0 Å². The lowest BCUT2D eigenvalue weighted by atomic mass is 10.2. The molecule has 0 unspecified atom stereocenters. The molecule has 8 heteroatoms. The van der Waals surface area contributed by atoms with Gasteiger partial charge in [0.1, 0.15) is 11.2 Å². The first kappa shape index (κ1) is 10.0. The van der Waals surface area contributed by atoms with Crippen molar-refractivity contribution in [3.05, 3.63) is 38.8 Å². The summed E-state index contributed by atoms with van der Waals surface area (Å²) in [5.41, 5.74) is -0.695. The number of fused-ring (bicyclic) bond motifs is 1. The summed E-state index contributed by atoms with van der Waals surface area (Å²) >= 11 is 0. The van der Waals surface area contributed by atoms with Gasteiger partial charge in [0, 0.05) is 6.07 Å². The lowest BCUT2D eigenvalue weighted by molar-refractivity contribution is -0.386. The van der Waals surface area contributed by atoms with Crippen molar-refractivity contribution in [3.8, 4) is 0 Å². The van der Waals surface area contributed by atoms with Crippen LogP contribution in [0.3, 0.4) is 0 Å². The topological polar surface area (TPSA) is 102 Å². The minimum absolute atomic E-state index is 0.309. The van der Waals surface area contributed by atoms with E-state index in [0.29, 0.717) is 6.07 Å². The second-order valence-corrected chi connectivity index (χ2v) is 2.88. The molecule has 1 aromatic carbocycles. The van der Waals surface area contributed by atoms with Gasteiger partial charge in [-0.05, 0) is 0 Å². The van der Waals surface area contributed by atoms with Crippen molar-refractivity contribution in [2.75, 3.05) is 0 Å². The van der Waals surface area contributed by atoms with Crippen LogP contribution in [0.15, 0.2) is 22.1 Å². The molecule has 2 amide bonds. The quantitative estimate of drug-likeness (QED) is 0.347. The van der Waals surface area contributed by atoms with Gasteiger partial charge in [0.15, 0.2) is 5.36 Å². The smallest absolute Gasteiger partial charge is 0.261 e. The van der Waals surface area contributed by atoms with Gasteiger partial charge in [0.05, 0.1) is 11.0 Å². The molecule has 1 aliphatic rings. The maximum Gasteiger partial charge on any atom is 0.338 e. The third-order valence-corrected chi connectivity index (χ3v) is 1.85. The maximum atomic E-state index is 12.9. The van der Waals surface area contributed by atoms with E-state index in [1.165, 1.54) is 0 Å². The van der Waals surface area contributed by atoms with Gasteiger partial charge in [0.2, 0.25) is 0 Å². The Labute approximate surface area is 86.1 Å². The van der Waals surface area contributed by atoms with Crippen LogP contribution in [0.4, 0.5) is 10.1 Å². The molecule has 1 heterocycles.